The van der Waals surface area contributed by atoms with Crippen molar-refractivity contribution in [2.24, 2.45) is 5.73 Å². The molecule has 0 bridgehead atoms. The van der Waals surface area contributed by atoms with Crippen LogP contribution in [0.2, 0.25) is 0 Å². The fourth-order valence-electron chi connectivity index (χ4n) is 2.91. The molecule has 1 heterocycles. The number of carbonyl (C=O) groups excluding carboxylic acids is 2. The number of likely N-dealkylation sites (N-methyl/N-ethyl adjacent to an activating group) is 1. The number of nitrogens with two attached hydrogens (primary N) is 1. The lowest BCUT2D eigenvalue weighted by Gasteiger charge is -2.36. The number of amides is 2. The molecule has 1 atom stereocenters. The van der Waals surface area contributed by atoms with Crippen LogP contribution in [-0.2, 0) is 9.59 Å². The van der Waals surface area contributed by atoms with Gasteiger partial charge < -0.3 is 15.5 Å². The zero-order valence-electron chi connectivity index (χ0n) is 15.5. The van der Waals surface area contributed by atoms with Gasteiger partial charge in [0.25, 0.3) is 0 Å². The molecule has 0 radical (unpaired) electrons. The Hall–Kier alpha value is -1.34. The van der Waals surface area contributed by atoms with E-state index in [1.165, 1.54) is 0 Å². The summed E-state index contributed by atoms with van der Waals surface area (Å²) >= 11 is 0. The number of piperazine rings is 1. The smallest absolute Gasteiger partial charge is 0.244 e. The van der Waals surface area contributed by atoms with Crippen LogP contribution >= 0.6 is 24.8 Å². The SMILES string of the molecule is CCN(CC)CC(=O)N1CCN(C(=O)C(N)c2ccccc2)CC1.Cl.Cl. The predicted molar refractivity (Wildman–Crippen MR) is 109 cm³/mol. The van der Waals surface area contributed by atoms with E-state index in [4.69, 9.17) is 5.73 Å². The molecular weight excluding hydrogens is 375 g/mol. The topological polar surface area (TPSA) is 69.9 Å². The molecule has 0 saturated carbocycles. The molecule has 26 heavy (non-hydrogen) atoms. The molecule has 1 aromatic carbocycles. The summed E-state index contributed by atoms with van der Waals surface area (Å²) in [4.78, 5) is 30.6. The monoisotopic (exact) mass is 404 g/mol. The minimum absolute atomic E-state index is 0. The highest BCUT2D eigenvalue weighted by Crippen LogP contribution is 2.14. The Morgan fingerprint density at radius 3 is 2.00 bits per heavy atom. The Bertz CT molecular complexity index is 547. The summed E-state index contributed by atoms with van der Waals surface area (Å²) in [5, 5.41) is 0. The second-order valence-corrected chi connectivity index (χ2v) is 6.06. The highest BCUT2D eigenvalue weighted by atomic mass is 35.5. The standard InChI is InChI=1S/C18H28N4O2.2ClH/c1-3-20(4-2)14-16(23)21-10-12-22(13-11-21)18(24)17(19)15-8-6-5-7-9-15;;/h5-9,17H,3-4,10-14,19H2,1-2H3;2*1H. The van der Waals surface area contributed by atoms with Crippen molar-refractivity contribution in [3.05, 3.63) is 35.9 Å². The average molecular weight is 405 g/mol. The van der Waals surface area contributed by atoms with Gasteiger partial charge >= 0.3 is 0 Å². The maximum atomic E-state index is 12.5. The molecule has 1 aliphatic rings. The molecule has 1 unspecified atom stereocenters. The van der Waals surface area contributed by atoms with Gasteiger partial charge in [0.15, 0.2) is 0 Å². The first-order chi connectivity index (χ1) is 11.6. The van der Waals surface area contributed by atoms with Gasteiger partial charge in [0, 0.05) is 26.2 Å². The van der Waals surface area contributed by atoms with Gasteiger partial charge in [-0.05, 0) is 18.7 Å². The highest BCUT2D eigenvalue weighted by Gasteiger charge is 2.28. The summed E-state index contributed by atoms with van der Waals surface area (Å²) in [5.74, 6) is 0.0650. The minimum Gasteiger partial charge on any atom is -0.338 e. The number of benzene rings is 1. The minimum atomic E-state index is -0.635. The fourth-order valence-corrected chi connectivity index (χ4v) is 2.91. The third-order valence-corrected chi connectivity index (χ3v) is 4.62. The number of carbonyl (C=O) groups is 2. The predicted octanol–water partition coefficient (Wildman–Crippen LogP) is 1.54. The molecule has 1 aromatic rings. The van der Waals surface area contributed by atoms with E-state index in [1.807, 2.05) is 35.2 Å². The lowest BCUT2D eigenvalue weighted by atomic mass is 10.1. The first kappa shape index (κ1) is 24.7. The summed E-state index contributed by atoms with van der Waals surface area (Å²) in [6.45, 7) is 8.54. The molecule has 0 spiro atoms. The van der Waals surface area contributed by atoms with E-state index >= 15 is 0 Å². The maximum absolute atomic E-state index is 12.5. The van der Waals surface area contributed by atoms with Crippen molar-refractivity contribution < 1.29 is 9.59 Å². The Kier molecular flexibility index (Phi) is 11.5. The van der Waals surface area contributed by atoms with Crippen LogP contribution in [0.15, 0.2) is 30.3 Å². The van der Waals surface area contributed by atoms with Gasteiger partial charge in [0.1, 0.15) is 6.04 Å². The van der Waals surface area contributed by atoms with Gasteiger partial charge in [-0.15, -0.1) is 24.8 Å². The van der Waals surface area contributed by atoms with Crippen LogP contribution in [0.4, 0.5) is 0 Å². The van der Waals surface area contributed by atoms with Crippen molar-refractivity contribution in [2.75, 3.05) is 45.8 Å². The van der Waals surface area contributed by atoms with Crippen molar-refractivity contribution in [2.45, 2.75) is 19.9 Å². The van der Waals surface area contributed by atoms with Crippen LogP contribution in [0.1, 0.15) is 25.5 Å². The summed E-state index contributed by atoms with van der Waals surface area (Å²) in [5.41, 5.74) is 6.91. The average Bonchev–Trinajstić information content (AvgIpc) is 2.65. The lowest BCUT2D eigenvalue weighted by molar-refractivity contribution is -0.141. The molecule has 2 N–H and O–H groups in total. The quantitative estimate of drug-likeness (QED) is 0.780. The number of hydrogen-bond donors (Lipinski definition) is 1. The summed E-state index contributed by atoms with van der Waals surface area (Å²) in [7, 11) is 0. The third-order valence-electron chi connectivity index (χ3n) is 4.62. The molecule has 148 valence electrons. The van der Waals surface area contributed by atoms with E-state index in [1.54, 1.807) is 4.90 Å². The molecule has 0 aromatic heterocycles. The Morgan fingerprint density at radius 2 is 1.50 bits per heavy atom. The zero-order chi connectivity index (χ0) is 17.5. The van der Waals surface area contributed by atoms with E-state index in [-0.39, 0.29) is 36.6 Å². The van der Waals surface area contributed by atoms with Crippen LogP contribution in [0.25, 0.3) is 0 Å². The van der Waals surface area contributed by atoms with Gasteiger partial charge in [-0.2, -0.15) is 0 Å². The van der Waals surface area contributed by atoms with Crippen molar-refractivity contribution >= 4 is 36.6 Å². The molecule has 2 amide bonds. The normalized spacial score (nSPS) is 15.1. The number of nitrogens with zero attached hydrogens (tertiary/aromatic N) is 3. The number of hydrogen-bond acceptors (Lipinski definition) is 4. The highest BCUT2D eigenvalue weighted by molar-refractivity contribution is 5.85. The molecule has 1 saturated heterocycles. The third kappa shape index (κ3) is 6.43. The number of rotatable bonds is 6. The molecule has 2 rings (SSSR count). The van der Waals surface area contributed by atoms with Gasteiger partial charge in [0.2, 0.25) is 11.8 Å². The van der Waals surface area contributed by atoms with E-state index in [2.05, 4.69) is 18.7 Å². The number of halogens is 2. The summed E-state index contributed by atoms with van der Waals surface area (Å²) < 4.78 is 0. The van der Waals surface area contributed by atoms with Crippen LogP contribution in [0.5, 0.6) is 0 Å². The van der Waals surface area contributed by atoms with Crippen molar-refractivity contribution in [3.8, 4) is 0 Å². The maximum Gasteiger partial charge on any atom is 0.244 e. The van der Waals surface area contributed by atoms with E-state index in [0.717, 1.165) is 18.7 Å². The molecule has 1 fully saturated rings. The first-order valence-electron chi connectivity index (χ1n) is 8.66. The molecule has 1 aliphatic heterocycles. The van der Waals surface area contributed by atoms with Crippen LogP contribution < -0.4 is 5.73 Å². The Morgan fingerprint density at radius 1 is 1.00 bits per heavy atom. The van der Waals surface area contributed by atoms with E-state index in [0.29, 0.717) is 32.7 Å². The second kappa shape index (κ2) is 12.1. The second-order valence-electron chi connectivity index (χ2n) is 6.06. The zero-order valence-corrected chi connectivity index (χ0v) is 17.1. The van der Waals surface area contributed by atoms with E-state index < -0.39 is 6.04 Å². The van der Waals surface area contributed by atoms with Crippen molar-refractivity contribution in [1.29, 1.82) is 0 Å². The molecule has 0 aliphatic carbocycles. The molecular formula is C18H30Cl2N4O2. The molecule has 6 nitrogen and oxygen atoms in total. The summed E-state index contributed by atoms with van der Waals surface area (Å²) in [6, 6.07) is 8.77. The fraction of sp³-hybridized carbons (Fsp3) is 0.556. The van der Waals surface area contributed by atoms with Crippen LogP contribution in [-0.4, -0.2) is 72.3 Å². The Labute approximate surface area is 168 Å². The van der Waals surface area contributed by atoms with E-state index in [9.17, 15) is 9.59 Å². The van der Waals surface area contributed by atoms with Gasteiger partial charge in [-0.3, -0.25) is 14.5 Å². The largest absolute Gasteiger partial charge is 0.338 e. The van der Waals surface area contributed by atoms with Crippen molar-refractivity contribution in [1.82, 2.24) is 14.7 Å². The lowest BCUT2D eigenvalue weighted by Crippen LogP contribution is -2.54. The first-order valence-corrected chi connectivity index (χ1v) is 8.66. The molecule has 8 heteroatoms. The summed E-state index contributed by atoms with van der Waals surface area (Å²) in [6.07, 6.45) is 0. The van der Waals surface area contributed by atoms with Gasteiger partial charge in [-0.1, -0.05) is 44.2 Å². The van der Waals surface area contributed by atoms with Crippen LogP contribution in [0.3, 0.4) is 0 Å². The Balaban J connectivity index is 0.00000312. The van der Waals surface area contributed by atoms with Gasteiger partial charge in [0.05, 0.1) is 6.54 Å². The van der Waals surface area contributed by atoms with Crippen LogP contribution in [0, 0.1) is 0 Å². The van der Waals surface area contributed by atoms with Crippen molar-refractivity contribution in [3.63, 3.8) is 0 Å². The van der Waals surface area contributed by atoms with Gasteiger partial charge in [-0.25, -0.2) is 0 Å².